The molecule has 112 valence electrons. The number of aromatic nitrogens is 2. The van der Waals surface area contributed by atoms with Gasteiger partial charge in [0.05, 0.1) is 4.90 Å². The van der Waals surface area contributed by atoms with E-state index in [1.165, 1.54) is 0 Å². The molecule has 2 aromatic rings. The molecule has 0 spiro atoms. The molecular weight excluding hydrogens is 302 g/mol. The molecule has 0 fully saturated rings. The van der Waals surface area contributed by atoms with E-state index in [0.29, 0.717) is 18.1 Å². The first-order valence-corrected chi connectivity index (χ1v) is 7.60. The second kappa shape index (κ2) is 4.78. The zero-order valence-electron chi connectivity index (χ0n) is 10.8. The number of sulfonamides is 1. The summed E-state index contributed by atoms with van der Waals surface area (Å²) in [5.41, 5.74) is 7.05. The van der Waals surface area contributed by atoms with Crippen LogP contribution in [0.4, 0.5) is 14.6 Å². The Morgan fingerprint density at radius 3 is 2.57 bits per heavy atom. The lowest BCUT2D eigenvalue weighted by atomic mass is 10.1. The minimum atomic E-state index is -3.99. The minimum absolute atomic E-state index is 0.0259. The third-order valence-electron chi connectivity index (χ3n) is 3.40. The number of nitrogens with two attached hydrogens (primary N) is 1. The fourth-order valence-corrected chi connectivity index (χ4v) is 3.78. The van der Waals surface area contributed by atoms with Crippen molar-refractivity contribution in [3.8, 4) is 0 Å². The van der Waals surface area contributed by atoms with Crippen LogP contribution in [-0.2, 0) is 23.0 Å². The van der Waals surface area contributed by atoms with Gasteiger partial charge in [-0.2, -0.15) is 9.40 Å². The lowest BCUT2D eigenvalue weighted by Gasteiger charge is -2.26. The van der Waals surface area contributed by atoms with Gasteiger partial charge in [-0.25, -0.2) is 17.2 Å². The quantitative estimate of drug-likeness (QED) is 0.865. The predicted octanol–water partition coefficient (Wildman–Crippen LogP) is 1.02. The highest BCUT2D eigenvalue weighted by Gasteiger charge is 2.31. The fraction of sp³-hybridized carbons (Fsp3) is 0.250. The Hall–Kier alpha value is -2.00. The van der Waals surface area contributed by atoms with E-state index >= 15 is 0 Å². The third kappa shape index (κ3) is 2.38. The van der Waals surface area contributed by atoms with Crippen LogP contribution in [0.25, 0.3) is 0 Å². The summed E-state index contributed by atoms with van der Waals surface area (Å²) in [7, 11) is -3.99. The molecule has 0 amide bonds. The number of fused-ring (bicyclic) bond motifs is 1. The van der Waals surface area contributed by atoms with Crippen LogP contribution in [-0.4, -0.2) is 29.5 Å². The highest BCUT2D eigenvalue weighted by molar-refractivity contribution is 7.89. The molecule has 1 aromatic heterocycles. The van der Waals surface area contributed by atoms with E-state index in [4.69, 9.17) is 5.73 Å². The van der Waals surface area contributed by atoms with Crippen LogP contribution in [0.15, 0.2) is 23.1 Å². The summed E-state index contributed by atoms with van der Waals surface area (Å²) in [5, 5.41) is 6.57. The number of anilines is 1. The number of H-pyrrole nitrogens is 1. The maximum absolute atomic E-state index is 13.2. The number of benzene rings is 1. The molecule has 9 heteroatoms. The van der Waals surface area contributed by atoms with Crippen molar-refractivity contribution in [1.29, 1.82) is 0 Å². The van der Waals surface area contributed by atoms with Crippen molar-refractivity contribution in [2.45, 2.75) is 17.9 Å². The average Bonchev–Trinajstić information content (AvgIpc) is 2.79. The Bertz CT molecular complexity index is 783. The molecule has 0 saturated carbocycles. The number of aromatic amines is 1. The van der Waals surface area contributed by atoms with E-state index in [1.54, 1.807) is 0 Å². The van der Waals surface area contributed by atoms with E-state index in [1.807, 2.05) is 0 Å². The van der Waals surface area contributed by atoms with Crippen LogP contribution in [0.5, 0.6) is 0 Å². The van der Waals surface area contributed by atoms with Crippen molar-refractivity contribution >= 4 is 15.8 Å². The van der Waals surface area contributed by atoms with Crippen molar-refractivity contribution in [2.24, 2.45) is 0 Å². The van der Waals surface area contributed by atoms with E-state index in [9.17, 15) is 17.2 Å². The zero-order chi connectivity index (χ0) is 15.2. The van der Waals surface area contributed by atoms with Crippen LogP contribution in [0, 0.1) is 11.6 Å². The Kier molecular flexibility index (Phi) is 3.18. The first kappa shape index (κ1) is 14.0. The molecule has 0 aliphatic carbocycles. The summed E-state index contributed by atoms with van der Waals surface area (Å²) in [6.07, 6.45) is 0.413. The van der Waals surface area contributed by atoms with Gasteiger partial charge in [0.25, 0.3) is 0 Å². The smallest absolute Gasteiger partial charge is 0.243 e. The van der Waals surface area contributed by atoms with Crippen LogP contribution >= 0.6 is 0 Å². The number of halogens is 2. The van der Waals surface area contributed by atoms with Crippen molar-refractivity contribution < 1.29 is 17.2 Å². The van der Waals surface area contributed by atoms with Gasteiger partial charge in [0.15, 0.2) is 0 Å². The van der Waals surface area contributed by atoms with Crippen molar-refractivity contribution in [3.05, 3.63) is 41.1 Å². The van der Waals surface area contributed by atoms with Crippen molar-refractivity contribution in [1.82, 2.24) is 14.5 Å². The van der Waals surface area contributed by atoms with Gasteiger partial charge in [-0.1, -0.05) is 0 Å². The number of hydrogen-bond donors (Lipinski definition) is 2. The molecule has 6 nitrogen and oxygen atoms in total. The third-order valence-corrected chi connectivity index (χ3v) is 5.23. The molecule has 0 unspecified atom stereocenters. The van der Waals surface area contributed by atoms with E-state index in [0.717, 1.165) is 22.1 Å². The SMILES string of the molecule is Nc1n[nH]c2c1CN(S(=O)(=O)c1cc(F)cc(F)c1)CC2. The molecule has 1 aliphatic heterocycles. The van der Waals surface area contributed by atoms with E-state index in [2.05, 4.69) is 10.2 Å². The van der Waals surface area contributed by atoms with Gasteiger partial charge >= 0.3 is 0 Å². The second-order valence-corrected chi connectivity index (χ2v) is 6.70. The minimum Gasteiger partial charge on any atom is -0.382 e. The maximum atomic E-state index is 13.2. The summed E-state index contributed by atoms with van der Waals surface area (Å²) in [5.74, 6) is -1.64. The Labute approximate surface area is 119 Å². The molecular formula is C12H12F2N4O2S. The molecule has 3 N–H and O–H groups in total. The Balaban J connectivity index is 1.98. The van der Waals surface area contributed by atoms with Crippen LogP contribution in [0.3, 0.4) is 0 Å². The summed E-state index contributed by atoms with van der Waals surface area (Å²) >= 11 is 0. The standard InChI is InChI=1S/C12H12F2N4O2S/c13-7-3-8(14)5-9(4-7)21(19,20)18-2-1-11-10(6-18)12(15)17-16-11/h3-5H,1-2,6H2,(H3,15,16,17). The molecule has 0 bridgehead atoms. The number of nitrogen functional groups attached to an aromatic ring is 1. The normalized spacial score (nSPS) is 15.9. The molecule has 0 radical (unpaired) electrons. The molecule has 21 heavy (non-hydrogen) atoms. The van der Waals surface area contributed by atoms with Gasteiger partial charge in [0.2, 0.25) is 10.0 Å². The molecule has 0 saturated heterocycles. The Morgan fingerprint density at radius 1 is 1.24 bits per heavy atom. The zero-order valence-corrected chi connectivity index (χ0v) is 11.6. The summed E-state index contributed by atoms with van der Waals surface area (Å²) in [6, 6.07) is 2.22. The van der Waals surface area contributed by atoms with Crippen LogP contribution in [0.1, 0.15) is 11.3 Å². The molecule has 2 heterocycles. The fourth-order valence-electron chi connectivity index (χ4n) is 2.32. The summed E-state index contributed by atoms with van der Waals surface area (Å²) < 4.78 is 52.5. The van der Waals surface area contributed by atoms with Gasteiger partial charge in [-0.15, -0.1) is 0 Å². The number of nitrogens with zero attached hydrogens (tertiary/aromatic N) is 2. The summed E-state index contributed by atoms with van der Waals surface area (Å²) in [6.45, 7) is 0.216. The summed E-state index contributed by atoms with van der Waals surface area (Å²) in [4.78, 5) is -0.412. The van der Waals surface area contributed by atoms with Crippen LogP contribution in [0.2, 0.25) is 0 Å². The first-order chi connectivity index (χ1) is 9.88. The average molecular weight is 314 g/mol. The highest BCUT2D eigenvalue weighted by Crippen LogP contribution is 2.27. The molecule has 3 rings (SSSR count). The molecule has 1 aromatic carbocycles. The van der Waals surface area contributed by atoms with Gasteiger partial charge < -0.3 is 5.73 Å². The largest absolute Gasteiger partial charge is 0.382 e. The van der Waals surface area contributed by atoms with Crippen molar-refractivity contribution in [3.63, 3.8) is 0 Å². The molecule has 0 atom stereocenters. The first-order valence-electron chi connectivity index (χ1n) is 6.16. The lowest BCUT2D eigenvalue weighted by Crippen LogP contribution is -2.36. The number of hydrogen-bond acceptors (Lipinski definition) is 4. The van der Waals surface area contributed by atoms with E-state index in [-0.39, 0.29) is 18.9 Å². The highest BCUT2D eigenvalue weighted by atomic mass is 32.2. The molecule has 1 aliphatic rings. The van der Waals surface area contributed by atoms with Gasteiger partial charge in [0, 0.05) is 36.8 Å². The topological polar surface area (TPSA) is 92.1 Å². The number of rotatable bonds is 2. The second-order valence-electron chi connectivity index (χ2n) is 4.76. The predicted molar refractivity (Wildman–Crippen MR) is 70.7 cm³/mol. The van der Waals surface area contributed by atoms with Gasteiger partial charge in [-0.3, -0.25) is 5.10 Å². The lowest BCUT2D eigenvalue weighted by molar-refractivity contribution is 0.389. The van der Waals surface area contributed by atoms with Crippen molar-refractivity contribution in [2.75, 3.05) is 12.3 Å². The maximum Gasteiger partial charge on any atom is 0.243 e. The van der Waals surface area contributed by atoms with E-state index < -0.39 is 26.6 Å². The van der Waals surface area contributed by atoms with Gasteiger partial charge in [-0.05, 0) is 12.1 Å². The van der Waals surface area contributed by atoms with Gasteiger partial charge in [0.1, 0.15) is 17.5 Å². The monoisotopic (exact) mass is 314 g/mol. The van der Waals surface area contributed by atoms with Crippen LogP contribution < -0.4 is 5.73 Å². The Morgan fingerprint density at radius 2 is 1.90 bits per heavy atom. The number of nitrogens with one attached hydrogen (secondary N) is 1.